The van der Waals surface area contributed by atoms with Gasteiger partial charge in [0.1, 0.15) is 11.2 Å². The van der Waals surface area contributed by atoms with Gasteiger partial charge in [-0.1, -0.05) is 133 Å². The van der Waals surface area contributed by atoms with Crippen molar-refractivity contribution >= 4 is 71.3 Å². The number of fused-ring (bicyclic) bond motifs is 8. The molecule has 0 N–H and O–H groups in total. The van der Waals surface area contributed by atoms with E-state index in [9.17, 15) is 0 Å². The van der Waals surface area contributed by atoms with Gasteiger partial charge in [-0.2, -0.15) is 0 Å². The zero-order valence-electron chi connectivity index (χ0n) is 27.3. The molecule has 0 unspecified atom stereocenters. The van der Waals surface area contributed by atoms with Gasteiger partial charge in [0.05, 0.1) is 0 Å². The Hall–Kier alpha value is -6.64. The average molecular weight is 638 g/mol. The van der Waals surface area contributed by atoms with Gasteiger partial charge < -0.3 is 9.32 Å². The van der Waals surface area contributed by atoms with Crippen molar-refractivity contribution in [1.29, 1.82) is 0 Å². The van der Waals surface area contributed by atoms with Gasteiger partial charge in [0.25, 0.3) is 0 Å². The van der Waals surface area contributed by atoms with Gasteiger partial charge >= 0.3 is 0 Å². The zero-order valence-corrected chi connectivity index (χ0v) is 27.3. The van der Waals surface area contributed by atoms with Crippen molar-refractivity contribution in [1.82, 2.24) is 0 Å². The molecule has 0 aliphatic carbocycles. The van der Waals surface area contributed by atoms with Crippen LogP contribution in [0.15, 0.2) is 192 Å². The molecule has 1 aromatic heterocycles. The third-order valence-electron chi connectivity index (χ3n) is 10.0. The van der Waals surface area contributed by atoms with Crippen LogP contribution < -0.4 is 4.90 Å². The molecule has 0 aliphatic heterocycles. The zero-order chi connectivity index (χ0) is 33.0. The Kier molecular flexibility index (Phi) is 6.53. The maximum atomic E-state index is 6.71. The van der Waals surface area contributed by atoms with Crippen molar-refractivity contribution < 1.29 is 4.42 Å². The molecule has 0 saturated heterocycles. The molecule has 0 spiro atoms. The summed E-state index contributed by atoms with van der Waals surface area (Å²) in [6, 6.07) is 67.3. The van der Waals surface area contributed by atoms with Crippen molar-refractivity contribution in [3.63, 3.8) is 0 Å². The van der Waals surface area contributed by atoms with E-state index in [0.717, 1.165) is 39.0 Å². The molecular weight excluding hydrogens is 607 g/mol. The first-order valence-corrected chi connectivity index (χ1v) is 17.1. The second-order valence-corrected chi connectivity index (χ2v) is 12.9. The maximum absolute atomic E-state index is 6.71. The Labute approximate surface area is 290 Å². The maximum Gasteiger partial charge on any atom is 0.137 e. The Morgan fingerprint density at radius 3 is 1.62 bits per heavy atom. The minimum Gasteiger partial charge on any atom is -0.456 e. The van der Waals surface area contributed by atoms with E-state index >= 15 is 0 Å². The van der Waals surface area contributed by atoms with Crippen LogP contribution in [0.3, 0.4) is 0 Å². The predicted molar refractivity (Wildman–Crippen MR) is 212 cm³/mol. The van der Waals surface area contributed by atoms with Gasteiger partial charge in [-0.25, -0.2) is 0 Å². The normalized spacial score (nSPS) is 11.6. The Morgan fingerprint density at radius 2 is 0.860 bits per heavy atom. The molecule has 10 aromatic rings. The van der Waals surface area contributed by atoms with E-state index in [1.54, 1.807) is 0 Å². The van der Waals surface area contributed by atoms with Crippen LogP contribution in [0.25, 0.3) is 76.5 Å². The lowest BCUT2D eigenvalue weighted by Gasteiger charge is -2.25. The lowest BCUT2D eigenvalue weighted by atomic mass is 9.93. The van der Waals surface area contributed by atoms with Crippen molar-refractivity contribution in [3.05, 3.63) is 188 Å². The van der Waals surface area contributed by atoms with E-state index in [1.807, 2.05) is 0 Å². The lowest BCUT2D eigenvalue weighted by molar-refractivity contribution is 0.669. The van der Waals surface area contributed by atoms with E-state index in [4.69, 9.17) is 4.42 Å². The first-order chi connectivity index (χ1) is 24.8. The van der Waals surface area contributed by atoms with E-state index in [0.29, 0.717) is 0 Å². The van der Waals surface area contributed by atoms with Gasteiger partial charge in [-0.3, -0.25) is 0 Å². The van der Waals surface area contributed by atoms with Gasteiger partial charge in [0.2, 0.25) is 0 Å². The highest BCUT2D eigenvalue weighted by molar-refractivity contribution is 6.22. The second kappa shape index (κ2) is 11.5. The van der Waals surface area contributed by atoms with Crippen LogP contribution in [0.1, 0.15) is 0 Å². The Balaban J connectivity index is 1.12. The van der Waals surface area contributed by atoms with Gasteiger partial charge in [0, 0.05) is 33.9 Å². The van der Waals surface area contributed by atoms with Crippen molar-refractivity contribution in [2.75, 3.05) is 4.90 Å². The molecule has 1 heterocycles. The first-order valence-electron chi connectivity index (χ1n) is 17.1. The summed E-state index contributed by atoms with van der Waals surface area (Å²) in [6.07, 6.45) is 0. The summed E-state index contributed by atoms with van der Waals surface area (Å²) >= 11 is 0. The topological polar surface area (TPSA) is 16.4 Å². The third-order valence-corrected chi connectivity index (χ3v) is 10.0. The average Bonchev–Trinajstić information content (AvgIpc) is 3.56. The summed E-state index contributed by atoms with van der Waals surface area (Å²) in [4.78, 5) is 2.31. The number of rotatable bonds is 5. The van der Waals surface area contributed by atoms with E-state index < -0.39 is 0 Å². The van der Waals surface area contributed by atoms with E-state index in [1.165, 1.54) is 54.6 Å². The molecule has 0 radical (unpaired) electrons. The van der Waals surface area contributed by atoms with Crippen LogP contribution in [0.2, 0.25) is 0 Å². The smallest absolute Gasteiger partial charge is 0.137 e. The number of anilines is 3. The number of hydrogen-bond acceptors (Lipinski definition) is 2. The molecule has 0 saturated carbocycles. The number of para-hydroxylation sites is 1. The summed E-state index contributed by atoms with van der Waals surface area (Å²) < 4.78 is 6.71. The molecule has 9 aromatic carbocycles. The standard InChI is InChI=1S/C48H31NO/c1-3-13-32(14-4-1)45-31-47-48(42-22-12-11-21-41(42)45)43-28-27-37(30-46(43)50-47)49(35-16-5-2-6-17-35)36-25-23-33(24-26-36)44-29-34-15-7-8-18-38(34)39-19-9-10-20-40(39)44/h1-31H. The van der Waals surface area contributed by atoms with Gasteiger partial charge in [0.15, 0.2) is 0 Å². The molecule has 0 aliphatic rings. The molecule has 2 heteroatoms. The van der Waals surface area contributed by atoms with Crippen LogP contribution >= 0.6 is 0 Å². The fourth-order valence-corrected chi connectivity index (χ4v) is 7.73. The number of benzene rings is 9. The number of hydrogen-bond donors (Lipinski definition) is 0. The largest absolute Gasteiger partial charge is 0.456 e. The number of nitrogens with zero attached hydrogens (tertiary/aromatic N) is 1. The van der Waals surface area contributed by atoms with Crippen LogP contribution in [-0.2, 0) is 0 Å². The highest BCUT2D eigenvalue weighted by Gasteiger charge is 2.19. The van der Waals surface area contributed by atoms with Crippen molar-refractivity contribution in [2.45, 2.75) is 0 Å². The van der Waals surface area contributed by atoms with Gasteiger partial charge in [-0.15, -0.1) is 0 Å². The lowest BCUT2D eigenvalue weighted by Crippen LogP contribution is -2.09. The summed E-state index contributed by atoms with van der Waals surface area (Å²) in [5.41, 5.74) is 9.77. The second-order valence-electron chi connectivity index (χ2n) is 12.9. The van der Waals surface area contributed by atoms with E-state index in [-0.39, 0.29) is 0 Å². The van der Waals surface area contributed by atoms with Crippen LogP contribution in [-0.4, -0.2) is 0 Å². The molecule has 234 valence electrons. The van der Waals surface area contributed by atoms with Crippen LogP contribution in [0.4, 0.5) is 17.1 Å². The monoisotopic (exact) mass is 637 g/mol. The van der Waals surface area contributed by atoms with Crippen LogP contribution in [0, 0.1) is 0 Å². The fourth-order valence-electron chi connectivity index (χ4n) is 7.73. The molecule has 10 rings (SSSR count). The molecule has 0 bridgehead atoms. The summed E-state index contributed by atoms with van der Waals surface area (Å²) in [6.45, 7) is 0. The minimum absolute atomic E-state index is 0.869. The Bertz CT molecular complexity index is 2850. The molecule has 0 amide bonds. The minimum atomic E-state index is 0.869. The summed E-state index contributed by atoms with van der Waals surface area (Å²) in [5, 5.41) is 9.76. The summed E-state index contributed by atoms with van der Waals surface area (Å²) in [7, 11) is 0. The van der Waals surface area contributed by atoms with Crippen LogP contribution in [0.5, 0.6) is 0 Å². The quantitative estimate of drug-likeness (QED) is 0.175. The van der Waals surface area contributed by atoms with Crippen molar-refractivity contribution in [3.8, 4) is 22.3 Å². The SMILES string of the molecule is c1ccc(-c2cc3oc4cc(N(c5ccccc5)c5ccc(-c6cc7ccccc7c7ccccc67)cc5)ccc4c3c3ccccc23)cc1. The molecule has 0 atom stereocenters. The first kappa shape index (κ1) is 28.4. The fraction of sp³-hybridized carbons (Fsp3) is 0. The highest BCUT2D eigenvalue weighted by Crippen LogP contribution is 2.43. The van der Waals surface area contributed by atoms with Gasteiger partial charge in [-0.05, 0) is 103 Å². The summed E-state index contributed by atoms with van der Waals surface area (Å²) in [5.74, 6) is 0. The van der Waals surface area contributed by atoms with Crippen molar-refractivity contribution in [2.24, 2.45) is 0 Å². The third kappa shape index (κ3) is 4.57. The molecule has 50 heavy (non-hydrogen) atoms. The number of furan rings is 1. The molecular formula is C48H31NO. The predicted octanol–water partition coefficient (Wildman–Crippen LogP) is 13.8. The Morgan fingerprint density at radius 1 is 0.320 bits per heavy atom. The molecule has 2 nitrogen and oxygen atoms in total. The van der Waals surface area contributed by atoms with E-state index in [2.05, 4.69) is 193 Å². The molecule has 0 fully saturated rings. The highest BCUT2D eigenvalue weighted by atomic mass is 16.3.